The highest BCUT2D eigenvalue weighted by molar-refractivity contribution is 4.59. The van der Waals surface area contributed by atoms with Crippen LogP contribution < -0.4 is 0 Å². The third kappa shape index (κ3) is 6.39. The van der Waals surface area contributed by atoms with Crippen molar-refractivity contribution in [2.75, 3.05) is 19.7 Å². The van der Waals surface area contributed by atoms with E-state index in [4.69, 9.17) is 4.74 Å². The molecule has 0 aliphatic heterocycles. The van der Waals surface area contributed by atoms with E-state index in [1.807, 2.05) is 0 Å². The summed E-state index contributed by atoms with van der Waals surface area (Å²) in [6.07, 6.45) is 5.38. The van der Waals surface area contributed by atoms with Gasteiger partial charge < -0.3 is 4.74 Å². The van der Waals surface area contributed by atoms with Gasteiger partial charge in [-0.2, -0.15) is 0 Å². The number of unbranched alkanes of at least 4 members (excludes halogenated alkanes) is 2. The molecular weight excluding hydrogens is 174 g/mol. The average molecular weight is 201 g/mol. The Balaban J connectivity index is 3.81. The molecule has 0 fully saturated rings. The van der Waals surface area contributed by atoms with E-state index in [1.54, 1.807) is 0 Å². The molecule has 0 saturated carbocycles. The highest BCUT2D eigenvalue weighted by Crippen LogP contribution is 2.05. The molecule has 0 aliphatic carbocycles. The summed E-state index contributed by atoms with van der Waals surface area (Å²) in [6.45, 7) is 11.9. The Morgan fingerprint density at radius 2 is 1.50 bits per heavy atom. The van der Waals surface area contributed by atoms with Gasteiger partial charge in [-0.1, -0.05) is 26.7 Å². The maximum absolute atomic E-state index is 5.62. The highest BCUT2D eigenvalue weighted by Gasteiger charge is 2.11. The van der Waals surface area contributed by atoms with Crippen molar-refractivity contribution < 1.29 is 4.74 Å². The lowest BCUT2D eigenvalue weighted by Gasteiger charge is -2.28. The Morgan fingerprint density at radius 1 is 1.00 bits per heavy atom. The van der Waals surface area contributed by atoms with Crippen LogP contribution in [0.25, 0.3) is 0 Å². The van der Waals surface area contributed by atoms with Crippen LogP contribution in [0, 0.1) is 0 Å². The molecule has 14 heavy (non-hydrogen) atoms. The molecule has 0 amide bonds. The van der Waals surface area contributed by atoms with E-state index in [-0.39, 0.29) is 6.23 Å². The quantitative estimate of drug-likeness (QED) is 0.531. The number of hydrogen-bond donors (Lipinski definition) is 0. The fourth-order valence-electron chi connectivity index (χ4n) is 1.54. The molecule has 2 heteroatoms. The van der Waals surface area contributed by atoms with E-state index >= 15 is 0 Å². The summed E-state index contributed by atoms with van der Waals surface area (Å²) in [7, 11) is 0. The van der Waals surface area contributed by atoms with Gasteiger partial charge in [0.25, 0.3) is 0 Å². The molecule has 0 aromatic heterocycles. The van der Waals surface area contributed by atoms with Gasteiger partial charge in [-0.25, -0.2) is 0 Å². The van der Waals surface area contributed by atoms with E-state index in [9.17, 15) is 0 Å². The monoisotopic (exact) mass is 201 g/mol. The van der Waals surface area contributed by atoms with Crippen molar-refractivity contribution >= 4 is 0 Å². The zero-order chi connectivity index (χ0) is 10.8. The first kappa shape index (κ1) is 13.9. The van der Waals surface area contributed by atoms with Crippen molar-refractivity contribution in [3.8, 4) is 0 Å². The predicted molar refractivity (Wildman–Crippen MR) is 62.5 cm³/mol. The van der Waals surface area contributed by atoms with Gasteiger partial charge in [0.2, 0.25) is 0 Å². The molecule has 86 valence electrons. The summed E-state index contributed by atoms with van der Waals surface area (Å²) in [5.74, 6) is 0. The van der Waals surface area contributed by atoms with Crippen molar-refractivity contribution in [3.05, 3.63) is 0 Å². The van der Waals surface area contributed by atoms with E-state index in [0.29, 0.717) is 0 Å². The second-order valence-electron chi connectivity index (χ2n) is 3.80. The summed E-state index contributed by atoms with van der Waals surface area (Å²) < 4.78 is 5.62. The van der Waals surface area contributed by atoms with Crippen LogP contribution >= 0.6 is 0 Å². The van der Waals surface area contributed by atoms with Gasteiger partial charge in [-0.05, 0) is 26.7 Å². The second kappa shape index (κ2) is 9.47. The largest absolute Gasteiger partial charge is 0.364 e. The van der Waals surface area contributed by atoms with E-state index in [0.717, 1.165) is 6.61 Å². The van der Waals surface area contributed by atoms with Crippen LogP contribution in [0.1, 0.15) is 53.4 Å². The summed E-state index contributed by atoms with van der Waals surface area (Å²) in [4.78, 5) is 2.45. The molecule has 0 N–H and O–H groups in total. The Hall–Kier alpha value is -0.0800. The second-order valence-corrected chi connectivity index (χ2v) is 3.80. The maximum atomic E-state index is 5.62. The molecule has 0 saturated heterocycles. The number of nitrogens with zero attached hydrogens (tertiary/aromatic N) is 1. The number of ether oxygens (including phenoxy) is 1. The fraction of sp³-hybridized carbons (Fsp3) is 1.00. The SMILES string of the molecule is CCCCN(CCCC)C(C)OCC. The smallest absolute Gasteiger partial charge is 0.107 e. The Labute approximate surface area is 89.6 Å². The predicted octanol–water partition coefficient (Wildman–Crippen LogP) is 3.27. The van der Waals surface area contributed by atoms with Crippen molar-refractivity contribution in [1.29, 1.82) is 0 Å². The Kier molecular flexibility index (Phi) is 9.42. The molecule has 1 atom stereocenters. The minimum Gasteiger partial charge on any atom is -0.364 e. The minimum absolute atomic E-state index is 0.290. The summed E-state index contributed by atoms with van der Waals surface area (Å²) in [5.41, 5.74) is 0. The van der Waals surface area contributed by atoms with Crippen LogP contribution in [0.4, 0.5) is 0 Å². The molecule has 0 aliphatic rings. The molecule has 0 radical (unpaired) electrons. The summed E-state index contributed by atoms with van der Waals surface area (Å²) in [5, 5.41) is 0. The molecule has 0 aromatic rings. The van der Waals surface area contributed by atoms with Crippen molar-refractivity contribution in [2.24, 2.45) is 0 Å². The third-order valence-electron chi connectivity index (χ3n) is 2.52. The van der Waals surface area contributed by atoms with Crippen molar-refractivity contribution in [2.45, 2.75) is 59.6 Å². The third-order valence-corrected chi connectivity index (χ3v) is 2.52. The normalized spacial score (nSPS) is 13.5. The summed E-state index contributed by atoms with van der Waals surface area (Å²) >= 11 is 0. The van der Waals surface area contributed by atoms with E-state index in [2.05, 4.69) is 32.6 Å². The van der Waals surface area contributed by atoms with Gasteiger partial charge in [-0.3, -0.25) is 4.90 Å². The topological polar surface area (TPSA) is 12.5 Å². The van der Waals surface area contributed by atoms with Crippen LogP contribution in [-0.2, 0) is 4.74 Å². The van der Waals surface area contributed by atoms with Crippen LogP contribution in [0.5, 0.6) is 0 Å². The first-order valence-electron chi connectivity index (χ1n) is 6.11. The van der Waals surface area contributed by atoms with Gasteiger partial charge in [-0.15, -0.1) is 0 Å². The van der Waals surface area contributed by atoms with Gasteiger partial charge in [0.05, 0.1) is 0 Å². The number of rotatable bonds is 9. The molecule has 0 bridgehead atoms. The Morgan fingerprint density at radius 3 is 1.86 bits per heavy atom. The lowest BCUT2D eigenvalue weighted by molar-refractivity contribution is -0.0430. The average Bonchev–Trinajstić information content (AvgIpc) is 2.18. The summed E-state index contributed by atoms with van der Waals surface area (Å²) in [6, 6.07) is 0. The zero-order valence-electron chi connectivity index (χ0n) is 10.4. The van der Waals surface area contributed by atoms with Gasteiger partial charge in [0.15, 0.2) is 0 Å². The van der Waals surface area contributed by atoms with Crippen molar-refractivity contribution in [3.63, 3.8) is 0 Å². The molecule has 0 heterocycles. The fourth-order valence-corrected chi connectivity index (χ4v) is 1.54. The molecular formula is C12H27NO. The molecule has 1 unspecified atom stereocenters. The molecule has 0 rings (SSSR count). The van der Waals surface area contributed by atoms with Gasteiger partial charge in [0.1, 0.15) is 6.23 Å². The van der Waals surface area contributed by atoms with E-state index < -0.39 is 0 Å². The van der Waals surface area contributed by atoms with Gasteiger partial charge in [0, 0.05) is 19.7 Å². The molecule has 0 aromatic carbocycles. The first-order chi connectivity index (χ1) is 6.76. The lowest BCUT2D eigenvalue weighted by Crippen LogP contribution is -2.36. The minimum atomic E-state index is 0.290. The standard InChI is InChI=1S/C12H27NO/c1-5-8-10-13(11-9-6-2)12(4)14-7-3/h12H,5-11H2,1-4H3. The lowest BCUT2D eigenvalue weighted by atomic mass is 10.2. The van der Waals surface area contributed by atoms with Gasteiger partial charge >= 0.3 is 0 Å². The van der Waals surface area contributed by atoms with Crippen LogP contribution in [0.2, 0.25) is 0 Å². The van der Waals surface area contributed by atoms with E-state index in [1.165, 1.54) is 38.8 Å². The number of hydrogen-bond acceptors (Lipinski definition) is 2. The van der Waals surface area contributed by atoms with Crippen LogP contribution in [0.15, 0.2) is 0 Å². The van der Waals surface area contributed by atoms with Crippen molar-refractivity contribution in [1.82, 2.24) is 4.90 Å². The zero-order valence-corrected chi connectivity index (χ0v) is 10.4. The Bertz CT molecular complexity index is 109. The molecule has 0 spiro atoms. The van der Waals surface area contributed by atoms with Crippen LogP contribution in [-0.4, -0.2) is 30.8 Å². The first-order valence-corrected chi connectivity index (χ1v) is 6.11. The van der Waals surface area contributed by atoms with Crippen LogP contribution in [0.3, 0.4) is 0 Å². The highest BCUT2D eigenvalue weighted by atomic mass is 16.5. The molecule has 2 nitrogen and oxygen atoms in total. The maximum Gasteiger partial charge on any atom is 0.107 e.